The molecule has 0 aliphatic carbocycles. The lowest BCUT2D eigenvalue weighted by Gasteiger charge is -2.10. The number of para-hydroxylation sites is 1. The zero-order chi connectivity index (χ0) is 9.26. The van der Waals surface area contributed by atoms with Crippen LogP contribution in [0.15, 0.2) is 23.1 Å². The van der Waals surface area contributed by atoms with Gasteiger partial charge in [0, 0.05) is 17.2 Å². The second kappa shape index (κ2) is 3.62. The molecule has 0 fully saturated rings. The summed E-state index contributed by atoms with van der Waals surface area (Å²) in [6, 6.07) is 6.51. The van der Waals surface area contributed by atoms with Crippen molar-refractivity contribution < 1.29 is 0 Å². The third-order valence-corrected chi connectivity index (χ3v) is 3.77. The first-order valence-corrected chi connectivity index (χ1v) is 5.72. The molecule has 1 nitrogen and oxygen atoms in total. The van der Waals surface area contributed by atoms with Crippen molar-refractivity contribution in [2.45, 2.75) is 18.7 Å². The fourth-order valence-electron chi connectivity index (χ4n) is 1.55. The van der Waals surface area contributed by atoms with E-state index in [2.05, 4.69) is 37.4 Å². The van der Waals surface area contributed by atoms with Crippen molar-refractivity contribution in [1.29, 1.82) is 0 Å². The maximum absolute atomic E-state index is 3.52. The van der Waals surface area contributed by atoms with E-state index in [4.69, 9.17) is 0 Å². The smallest absolute Gasteiger partial charge is 0.0508 e. The van der Waals surface area contributed by atoms with Gasteiger partial charge < -0.3 is 5.32 Å². The van der Waals surface area contributed by atoms with E-state index in [1.54, 1.807) is 0 Å². The molecule has 2 heteroatoms. The number of thioether (sulfide) groups is 1. The van der Waals surface area contributed by atoms with E-state index in [-0.39, 0.29) is 0 Å². The fraction of sp³-hybridized carbons (Fsp3) is 0.455. The first-order valence-electron chi connectivity index (χ1n) is 4.73. The number of rotatable bonds is 0. The Balaban J connectivity index is 2.35. The van der Waals surface area contributed by atoms with Gasteiger partial charge in [-0.3, -0.25) is 0 Å². The van der Waals surface area contributed by atoms with Crippen LogP contribution in [0.3, 0.4) is 0 Å². The molecule has 1 atom stereocenters. The average molecular weight is 193 g/mol. The quantitative estimate of drug-likeness (QED) is 0.679. The molecule has 70 valence electrons. The minimum atomic E-state index is 0.761. The summed E-state index contributed by atoms with van der Waals surface area (Å²) in [6.07, 6.45) is 0. The highest BCUT2D eigenvalue weighted by Gasteiger charge is 2.13. The standard InChI is InChI=1S/C11H15NS/c1-8-6-12-11-9(2)4-3-5-10(11)13-7-8/h3-5,8,12H,6-7H2,1-2H3. The molecule has 2 rings (SSSR count). The zero-order valence-electron chi connectivity index (χ0n) is 8.13. The van der Waals surface area contributed by atoms with E-state index in [0.717, 1.165) is 12.5 Å². The van der Waals surface area contributed by atoms with Gasteiger partial charge in [-0.2, -0.15) is 0 Å². The van der Waals surface area contributed by atoms with Gasteiger partial charge in [-0.15, -0.1) is 11.8 Å². The Hall–Kier alpha value is -0.630. The number of hydrogen-bond donors (Lipinski definition) is 1. The molecule has 1 unspecified atom stereocenters. The lowest BCUT2D eigenvalue weighted by atomic mass is 10.2. The predicted octanol–water partition coefficient (Wildman–Crippen LogP) is 3.15. The minimum absolute atomic E-state index is 0.761. The van der Waals surface area contributed by atoms with Gasteiger partial charge in [-0.05, 0) is 24.5 Å². The van der Waals surface area contributed by atoms with Gasteiger partial charge in [0.2, 0.25) is 0 Å². The number of hydrogen-bond acceptors (Lipinski definition) is 2. The second-order valence-electron chi connectivity index (χ2n) is 3.75. The Labute approximate surface area is 83.9 Å². The molecule has 0 amide bonds. The minimum Gasteiger partial charge on any atom is -0.384 e. The maximum atomic E-state index is 3.52. The summed E-state index contributed by atoms with van der Waals surface area (Å²) in [5.74, 6) is 1.99. The summed E-state index contributed by atoms with van der Waals surface area (Å²) in [5, 5.41) is 3.52. The molecule has 0 bridgehead atoms. The normalized spacial score (nSPS) is 21.5. The second-order valence-corrected chi connectivity index (χ2v) is 4.81. The molecule has 0 aromatic heterocycles. The van der Waals surface area contributed by atoms with Gasteiger partial charge in [0.1, 0.15) is 0 Å². The summed E-state index contributed by atoms with van der Waals surface area (Å²) in [5.41, 5.74) is 2.70. The molecule has 0 radical (unpaired) electrons. The molecule has 13 heavy (non-hydrogen) atoms. The van der Waals surface area contributed by atoms with Crippen molar-refractivity contribution in [1.82, 2.24) is 0 Å². The lowest BCUT2D eigenvalue weighted by molar-refractivity contribution is 0.704. The van der Waals surface area contributed by atoms with Gasteiger partial charge in [0.05, 0.1) is 5.69 Å². The lowest BCUT2D eigenvalue weighted by Crippen LogP contribution is -2.11. The highest BCUT2D eigenvalue weighted by molar-refractivity contribution is 7.99. The van der Waals surface area contributed by atoms with E-state index >= 15 is 0 Å². The molecule has 1 aliphatic heterocycles. The molecule has 1 aromatic rings. The molecule has 1 aromatic carbocycles. The summed E-state index contributed by atoms with van der Waals surface area (Å²) in [7, 11) is 0. The Kier molecular flexibility index (Phi) is 2.49. The number of aryl methyl sites for hydroxylation is 1. The highest BCUT2D eigenvalue weighted by atomic mass is 32.2. The van der Waals surface area contributed by atoms with Crippen LogP contribution < -0.4 is 5.32 Å². The summed E-state index contributed by atoms with van der Waals surface area (Å²) in [6.45, 7) is 5.56. The molecular formula is C11H15NS. The summed E-state index contributed by atoms with van der Waals surface area (Å²) < 4.78 is 0. The number of benzene rings is 1. The summed E-state index contributed by atoms with van der Waals surface area (Å²) >= 11 is 1.97. The van der Waals surface area contributed by atoms with Crippen LogP contribution in [0.2, 0.25) is 0 Å². The van der Waals surface area contributed by atoms with Crippen molar-refractivity contribution in [3.05, 3.63) is 23.8 Å². The largest absolute Gasteiger partial charge is 0.384 e. The fourth-order valence-corrected chi connectivity index (χ4v) is 2.69. The molecule has 0 saturated heterocycles. The summed E-state index contributed by atoms with van der Waals surface area (Å²) in [4.78, 5) is 1.41. The van der Waals surface area contributed by atoms with Crippen molar-refractivity contribution in [2.24, 2.45) is 5.92 Å². The third-order valence-electron chi connectivity index (χ3n) is 2.39. The van der Waals surface area contributed by atoms with E-state index in [1.807, 2.05) is 11.8 Å². The molecule has 0 spiro atoms. The number of anilines is 1. The Morgan fingerprint density at radius 2 is 2.31 bits per heavy atom. The molecule has 1 aliphatic rings. The van der Waals surface area contributed by atoms with Crippen LogP contribution in [-0.2, 0) is 0 Å². The zero-order valence-corrected chi connectivity index (χ0v) is 8.95. The van der Waals surface area contributed by atoms with Crippen molar-refractivity contribution in [2.75, 3.05) is 17.6 Å². The van der Waals surface area contributed by atoms with Crippen LogP contribution in [0.25, 0.3) is 0 Å². The maximum Gasteiger partial charge on any atom is 0.0508 e. The van der Waals surface area contributed by atoms with Gasteiger partial charge in [-0.1, -0.05) is 19.1 Å². The Morgan fingerprint density at radius 3 is 3.15 bits per heavy atom. The third kappa shape index (κ3) is 1.83. The van der Waals surface area contributed by atoms with Gasteiger partial charge in [-0.25, -0.2) is 0 Å². The predicted molar refractivity (Wildman–Crippen MR) is 59.6 cm³/mol. The van der Waals surface area contributed by atoms with Crippen molar-refractivity contribution in [3.8, 4) is 0 Å². The van der Waals surface area contributed by atoms with Gasteiger partial charge in [0.15, 0.2) is 0 Å². The van der Waals surface area contributed by atoms with Crippen molar-refractivity contribution >= 4 is 17.4 Å². The van der Waals surface area contributed by atoms with E-state index in [0.29, 0.717) is 0 Å². The van der Waals surface area contributed by atoms with Crippen LogP contribution >= 0.6 is 11.8 Å². The molecule has 1 N–H and O–H groups in total. The first kappa shape index (κ1) is 8.95. The van der Waals surface area contributed by atoms with Crippen LogP contribution in [0, 0.1) is 12.8 Å². The SMILES string of the molecule is Cc1cccc2c1NCC(C)CS2. The molecule has 1 heterocycles. The monoisotopic (exact) mass is 193 g/mol. The Bertz CT molecular complexity index is 309. The van der Waals surface area contributed by atoms with Crippen LogP contribution in [0.4, 0.5) is 5.69 Å². The van der Waals surface area contributed by atoms with Crippen molar-refractivity contribution in [3.63, 3.8) is 0 Å². The average Bonchev–Trinajstić information content (AvgIpc) is 2.30. The first-order chi connectivity index (χ1) is 6.27. The topological polar surface area (TPSA) is 12.0 Å². The van der Waals surface area contributed by atoms with Crippen LogP contribution in [0.5, 0.6) is 0 Å². The Morgan fingerprint density at radius 1 is 1.46 bits per heavy atom. The van der Waals surface area contributed by atoms with Gasteiger partial charge in [0.25, 0.3) is 0 Å². The number of nitrogens with one attached hydrogen (secondary N) is 1. The van der Waals surface area contributed by atoms with Crippen LogP contribution in [-0.4, -0.2) is 12.3 Å². The number of fused-ring (bicyclic) bond motifs is 1. The van der Waals surface area contributed by atoms with Crippen LogP contribution in [0.1, 0.15) is 12.5 Å². The van der Waals surface area contributed by atoms with E-state index in [9.17, 15) is 0 Å². The van der Waals surface area contributed by atoms with Gasteiger partial charge >= 0.3 is 0 Å². The van der Waals surface area contributed by atoms with E-state index in [1.165, 1.54) is 21.9 Å². The highest BCUT2D eigenvalue weighted by Crippen LogP contribution is 2.33. The van der Waals surface area contributed by atoms with E-state index < -0.39 is 0 Å². The molecular weight excluding hydrogens is 178 g/mol. The molecule has 0 saturated carbocycles.